The van der Waals surface area contributed by atoms with Crippen LogP contribution in [-0.4, -0.2) is 16.4 Å². The summed E-state index contributed by atoms with van der Waals surface area (Å²) in [7, 11) is 0. The van der Waals surface area contributed by atoms with Crippen LogP contribution in [0.2, 0.25) is 0 Å². The van der Waals surface area contributed by atoms with E-state index in [2.05, 4.69) is 15.9 Å². The van der Waals surface area contributed by atoms with Gasteiger partial charge in [0.25, 0.3) is 17.4 Å². The number of nitrogens with zero attached hydrogens (tertiary/aromatic N) is 1. The summed E-state index contributed by atoms with van der Waals surface area (Å²) in [6, 6.07) is 5.29. The van der Waals surface area contributed by atoms with Crippen LogP contribution in [0.25, 0.3) is 5.69 Å². The fourth-order valence-corrected chi connectivity index (χ4v) is 2.55. The number of nitrogens with two attached hydrogens (primary N) is 1. The molecule has 21 heavy (non-hydrogen) atoms. The van der Waals surface area contributed by atoms with Crippen molar-refractivity contribution in [1.29, 1.82) is 0 Å². The van der Waals surface area contributed by atoms with Crippen LogP contribution in [0, 0.1) is 5.82 Å². The van der Waals surface area contributed by atoms with Crippen LogP contribution in [0.1, 0.15) is 20.7 Å². The van der Waals surface area contributed by atoms with Crippen molar-refractivity contribution < 1.29 is 14.0 Å². The van der Waals surface area contributed by atoms with E-state index in [0.717, 1.165) is 10.6 Å². The number of nitrogen functional groups attached to an aromatic ring is 1. The quantitative estimate of drug-likeness (QED) is 0.755. The molecule has 0 fully saturated rings. The van der Waals surface area contributed by atoms with Gasteiger partial charge in [0.05, 0.1) is 21.3 Å². The van der Waals surface area contributed by atoms with E-state index in [1.54, 1.807) is 0 Å². The third-order valence-corrected chi connectivity index (χ3v) is 3.74. The molecule has 0 bridgehead atoms. The minimum absolute atomic E-state index is 0.103. The Bertz CT molecular complexity index is 876. The average molecular weight is 352 g/mol. The number of carbonyl (C=O) groups excluding carboxylic acids is 2. The second kappa shape index (κ2) is 4.52. The summed E-state index contributed by atoms with van der Waals surface area (Å²) in [6.45, 7) is 0. The standard InChI is InChI=1S/C13H7BrFN3O3/c14-6-2-1-3-7(10(6)15)18-8(19)4-5-9(11(18)16)13(21)17-12(5)20/h1-4H,16H2,(H,17,20,21). The van der Waals surface area contributed by atoms with Crippen molar-refractivity contribution in [3.63, 3.8) is 0 Å². The topological polar surface area (TPSA) is 94.2 Å². The maximum absolute atomic E-state index is 14.1. The predicted molar refractivity (Wildman–Crippen MR) is 75.9 cm³/mol. The molecule has 0 unspecified atom stereocenters. The molecule has 106 valence electrons. The number of hydrogen-bond acceptors (Lipinski definition) is 4. The van der Waals surface area contributed by atoms with Crippen molar-refractivity contribution in [2.45, 2.75) is 0 Å². The number of imide groups is 1. The summed E-state index contributed by atoms with van der Waals surface area (Å²) in [5.41, 5.74) is 4.77. The Balaban J connectivity index is 2.39. The smallest absolute Gasteiger partial charge is 0.262 e. The van der Waals surface area contributed by atoms with E-state index in [0.29, 0.717) is 0 Å². The molecule has 0 saturated carbocycles. The molecule has 6 nitrogen and oxygen atoms in total. The highest BCUT2D eigenvalue weighted by atomic mass is 79.9. The molecular weight excluding hydrogens is 345 g/mol. The number of fused-ring (bicyclic) bond motifs is 1. The Hall–Kier alpha value is -2.48. The lowest BCUT2D eigenvalue weighted by Crippen LogP contribution is -2.24. The molecule has 0 radical (unpaired) electrons. The molecule has 0 aliphatic carbocycles. The van der Waals surface area contributed by atoms with Crippen LogP contribution in [0.5, 0.6) is 0 Å². The summed E-state index contributed by atoms with van der Waals surface area (Å²) in [6.07, 6.45) is 0. The number of amides is 2. The first kappa shape index (κ1) is 13.5. The highest BCUT2D eigenvalue weighted by Gasteiger charge is 2.32. The second-order valence-electron chi connectivity index (χ2n) is 4.35. The number of rotatable bonds is 1. The average Bonchev–Trinajstić information content (AvgIpc) is 2.69. The number of benzene rings is 1. The Morgan fingerprint density at radius 1 is 1.19 bits per heavy atom. The molecule has 1 aromatic carbocycles. The molecule has 0 spiro atoms. The first-order valence-corrected chi connectivity index (χ1v) is 6.56. The van der Waals surface area contributed by atoms with Crippen molar-refractivity contribution in [3.05, 3.63) is 56.0 Å². The number of aromatic nitrogens is 1. The first-order chi connectivity index (χ1) is 9.91. The number of carbonyl (C=O) groups is 2. The van der Waals surface area contributed by atoms with Crippen LogP contribution in [0.15, 0.2) is 33.5 Å². The molecule has 1 aliphatic rings. The highest BCUT2D eigenvalue weighted by molar-refractivity contribution is 9.10. The van der Waals surface area contributed by atoms with Gasteiger partial charge < -0.3 is 5.73 Å². The van der Waals surface area contributed by atoms with Crippen molar-refractivity contribution in [2.75, 3.05) is 5.73 Å². The zero-order chi connectivity index (χ0) is 15.3. The predicted octanol–water partition coefficient (Wildman–Crippen LogP) is 1.20. The molecule has 3 N–H and O–H groups in total. The Morgan fingerprint density at radius 3 is 2.62 bits per heavy atom. The molecule has 0 atom stereocenters. The van der Waals surface area contributed by atoms with Crippen molar-refractivity contribution >= 4 is 33.6 Å². The maximum atomic E-state index is 14.1. The van der Waals surface area contributed by atoms with Gasteiger partial charge in [-0.3, -0.25) is 24.3 Å². The van der Waals surface area contributed by atoms with E-state index in [9.17, 15) is 18.8 Å². The van der Waals surface area contributed by atoms with Gasteiger partial charge in [-0.25, -0.2) is 4.39 Å². The number of halogens is 2. The largest absolute Gasteiger partial charge is 0.384 e. The lowest BCUT2D eigenvalue weighted by molar-refractivity contribution is 0.0880. The summed E-state index contributed by atoms with van der Waals surface area (Å²) in [4.78, 5) is 35.4. The number of nitrogens with one attached hydrogen (secondary N) is 1. The van der Waals surface area contributed by atoms with Gasteiger partial charge in [0.15, 0.2) is 5.82 Å². The minimum atomic E-state index is -0.711. The Morgan fingerprint density at radius 2 is 1.90 bits per heavy atom. The van der Waals surface area contributed by atoms with Crippen LogP contribution in [0.3, 0.4) is 0 Å². The normalized spacial score (nSPS) is 13.2. The summed E-state index contributed by atoms with van der Waals surface area (Å²) in [5, 5.41) is 2.04. The number of hydrogen-bond donors (Lipinski definition) is 2. The minimum Gasteiger partial charge on any atom is -0.384 e. The molecule has 8 heteroatoms. The van der Waals surface area contributed by atoms with Gasteiger partial charge in [0.1, 0.15) is 5.82 Å². The van der Waals surface area contributed by atoms with Crippen LogP contribution in [0.4, 0.5) is 10.2 Å². The first-order valence-electron chi connectivity index (χ1n) is 5.77. The van der Waals surface area contributed by atoms with E-state index in [1.165, 1.54) is 18.2 Å². The molecule has 1 aliphatic heterocycles. The Kier molecular flexibility index (Phi) is 2.91. The van der Waals surface area contributed by atoms with Crippen molar-refractivity contribution in [3.8, 4) is 5.69 Å². The second-order valence-corrected chi connectivity index (χ2v) is 5.20. The number of anilines is 1. The summed E-state index contributed by atoms with van der Waals surface area (Å²) >= 11 is 3.01. The van der Waals surface area contributed by atoms with Gasteiger partial charge in [-0.2, -0.15) is 0 Å². The molecule has 2 heterocycles. The van der Waals surface area contributed by atoms with E-state index in [-0.39, 0.29) is 27.1 Å². The zero-order valence-corrected chi connectivity index (χ0v) is 11.9. The van der Waals surface area contributed by atoms with Gasteiger partial charge in [0.2, 0.25) is 0 Å². The molecular formula is C13H7BrFN3O3. The van der Waals surface area contributed by atoms with Gasteiger partial charge in [-0.15, -0.1) is 0 Å². The van der Waals surface area contributed by atoms with E-state index < -0.39 is 23.2 Å². The van der Waals surface area contributed by atoms with Gasteiger partial charge in [-0.05, 0) is 28.1 Å². The zero-order valence-electron chi connectivity index (χ0n) is 10.3. The fraction of sp³-hybridized carbons (Fsp3) is 0. The fourth-order valence-electron chi connectivity index (χ4n) is 2.19. The van der Waals surface area contributed by atoms with Crippen LogP contribution < -0.4 is 16.6 Å². The highest BCUT2D eigenvalue weighted by Crippen LogP contribution is 2.26. The summed E-state index contributed by atoms with van der Waals surface area (Å²) < 4.78 is 15.1. The van der Waals surface area contributed by atoms with Crippen LogP contribution in [-0.2, 0) is 0 Å². The number of pyridine rings is 1. The molecule has 2 aromatic rings. The summed E-state index contributed by atoms with van der Waals surface area (Å²) in [5.74, 6) is -2.38. The third-order valence-electron chi connectivity index (χ3n) is 3.13. The Labute approximate surface area is 125 Å². The SMILES string of the molecule is Nc1c2c(cc(=O)n1-c1cccc(Br)c1F)C(=O)NC2=O. The van der Waals surface area contributed by atoms with Crippen molar-refractivity contribution in [1.82, 2.24) is 9.88 Å². The van der Waals surface area contributed by atoms with Gasteiger partial charge >= 0.3 is 0 Å². The molecule has 0 saturated heterocycles. The van der Waals surface area contributed by atoms with E-state index in [1.807, 2.05) is 5.32 Å². The molecule has 1 aromatic heterocycles. The lowest BCUT2D eigenvalue weighted by Gasteiger charge is -2.13. The van der Waals surface area contributed by atoms with E-state index in [4.69, 9.17) is 5.73 Å². The van der Waals surface area contributed by atoms with Crippen LogP contribution >= 0.6 is 15.9 Å². The third kappa shape index (κ3) is 1.87. The maximum Gasteiger partial charge on any atom is 0.262 e. The van der Waals surface area contributed by atoms with Gasteiger partial charge in [0, 0.05) is 6.07 Å². The monoisotopic (exact) mass is 351 g/mol. The van der Waals surface area contributed by atoms with E-state index >= 15 is 0 Å². The molecule has 3 rings (SSSR count). The van der Waals surface area contributed by atoms with Crippen molar-refractivity contribution in [2.24, 2.45) is 0 Å². The lowest BCUT2D eigenvalue weighted by atomic mass is 10.1. The molecule has 2 amide bonds. The van der Waals surface area contributed by atoms with Gasteiger partial charge in [-0.1, -0.05) is 6.07 Å².